The molecule has 0 bridgehead atoms. The highest BCUT2D eigenvalue weighted by atomic mass is 32.1. The quantitative estimate of drug-likeness (QED) is 0.758. The zero-order valence-corrected chi connectivity index (χ0v) is 14.8. The third kappa shape index (κ3) is 2.63. The van der Waals surface area contributed by atoms with Gasteiger partial charge >= 0.3 is 0 Å². The molecule has 24 heavy (non-hydrogen) atoms. The van der Waals surface area contributed by atoms with Crippen LogP contribution in [0.15, 0.2) is 29.8 Å². The van der Waals surface area contributed by atoms with E-state index in [2.05, 4.69) is 23.8 Å². The summed E-state index contributed by atoms with van der Waals surface area (Å²) in [4.78, 5) is 22.8. The van der Waals surface area contributed by atoms with Gasteiger partial charge in [-0.25, -0.2) is 4.98 Å². The van der Waals surface area contributed by atoms with E-state index in [1.807, 2.05) is 34.7 Å². The van der Waals surface area contributed by atoms with Crippen molar-refractivity contribution in [1.29, 1.82) is 0 Å². The minimum absolute atomic E-state index is 0.136. The van der Waals surface area contributed by atoms with Crippen LogP contribution < -0.4 is 0 Å². The second-order valence-corrected chi connectivity index (χ2v) is 7.52. The number of nitrogens with one attached hydrogen (secondary N) is 1. The van der Waals surface area contributed by atoms with E-state index in [1.165, 1.54) is 5.56 Å². The first kappa shape index (κ1) is 15.4. The number of amides is 1. The molecular weight excluding hydrogens is 318 g/mol. The Bertz CT molecular complexity index is 882. The molecule has 0 unspecified atom stereocenters. The molecule has 1 aromatic carbocycles. The van der Waals surface area contributed by atoms with E-state index in [0.29, 0.717) is 5.92 Å². The molecule has 1 fully saturated rings. The SMILES string of the molecule is Cc1[nH]c2ccc(C(=O)N3CCC[C@@H](c4nccs4)C3)cc2c1C. The van der Waals surface area contributed by atoms with Crippen molar-refractivity contribution in [3.05, 3.63) is 51.6 Å². The number of aryl methyl sites for hydroxylation is 2. The number of fused-ring (bicyclic) bond motifs is 1. The lowest BCUT2D eigenvalue weighted by Crippen LogP contribution is -2.39. The van der Waals surface area contributed by atoms with Crippen molar-refractivity contribution in [2.75, 3.05) is 13.1 Å². The predicted octanol–water partition coefficient (Wildman–Crippen LogP) is 4.26. The number of piperidine rings is 1. The van der Waals surface area contributed by atoms with Crippen LogP contribution in [0.25, 0.3) is 10.9 Å². The fourth-order valence-corrected chi connectivity index (χ4v) is 4.34. The molecule has 3 heterocycles. The lowest BCUT2D eigenvalue weighted by molar-refractivity contribution is 0.0707. The molecule has 0 radical (unpaired) electrons. The van der Waals surface area contributed by atoms with Crippen LogP contribution in [0.5, 0.6) is 0 Å². The number of carbonyl (C=O) groups is 1. The third-order valence-electron chi connectivity index (χ3n) is 5.06. The Kier molecular flexibility index (Phi) is 3.88. The summed E-state index contributed by atoms with van der Waals surface area (Å²) in [7, 11) is 0. The van der Waals surface area contributed by atoms with Crippen molar-refractivity contribution in [3.63, 3.8) is 0 Å². The van der Waals surface area contributed by atoms with Gasteiger partial charge in [-0.05, 0) is 50.5 Å². The van der Waals surface area contributed by atoms with Crippen molar-refractivity contribution < 1.29 is 4.79 Å². The summed E-state index contributed by atoms with van der Waals surface area (Å²) >= 11 is 1.69. The van der Waals surface area contributed by atoms with Gasteiger partial charge in [0, 0.05) is 52.7 Å². The summed E-state index contributed by atoms with van der Waals surface area (Å²) in [6, 6.07) is 5.99. The number of H-pyrrole nitrogens is 1. The number of nitrogens with zero attached hydrogens (tertiary/aromatic N) is 2. The highest BCUT2D eigenvalue weighted by Crippen LogP contribution is 2.29. The molecule has 2 aromatic heterocycles. The van der Waals surface area contributed by atoms with Gasteiger partial charge in [0.25, 0.3) is 5.91 Å². The Morgan fingerprint density at radius 2 is 2.25 bits per heavy atom. The van der Waals surface area contributed by atoms with E-state index in [9.17, 15) is 4.79 Å². The smallest absolute Gasteiger partial charge is 0.253 e. The minimum atomic E-state index is 0.136. The number of aromatic nitrogens is 2. The van der Waals surface area contributed by atoms with Gasteiger partial charge in [-0.15, -0.1) is 11.3 Å². The minimum Gasteiger partial charge on any atom is -0.358 e. The van der Waals surface area contributed by atoms with Crippen molar-refractivity contribution in [1.82, 2.24) is 14.9 Å². The molecule has 5 heteroatoms. The summed E-state index contributed by atoms with van der Waals surface area (Å²) in [6.07, 6.45) is 4.01. The molecule has 1 N–H and O–H groups in total. The number of hydrogen-bond donors (Lipinski definition) is 1. The fraction of sp³-hybridized carbons (Fsp3) is 0.368. The molecular formula is C19H21N3OS. The molecule has 0 spiro atoms. The van der Waals surface area contributed by atoms with Crippen molar-refractivity contribution in [2.45, 2.75) is 32.6 Å². The number of hydrogen-bond acceptors (Lipinski definition) is 3. The van der Waals surface area contributed by atoms with Gasteiger partial charge in [-0.2, -0.15) is 0 Å². The van der Waals surface area contributed by atoms with Crippen LogP contribution in [0.1, 0.15) is 45.4 Å². The molecule has 4 nitrogen and oxygen atoms in total. The first-order valence-corrected chi connectivity index (χ1v) is 9.29. The van der Waals surface area contributed by atoms with Gasteiger partial charge < -0.3 is 9.88 Å². The van der Waals surface area contributed by atoms with Gasteiger partial charge in [0.15, 0.2) is 0 Å². The predicted molar refractivity (Wildman–Crippen MR) is 97.8 cm³/mol. The third-order valence-corrected chi connectivity index (χ3v) is 6.00. The Hall–Kier alpha value is -2.14. The second-order valence-electron chi connectivity index (χ2n) is 6.60. The standard InChI is InChI=1S/C19H21N3OS/c1-12-13(2)21-17-6-5-14(10-16(12)17)19(23)22-8-3-4-15(11-22)18-20-7-9-24-18/h5-7,9-10,15,21H,3-4,8,11H2,1-2H3/t15-/m1/s1. The summed E-state index contributed by atoms with van der Waals surface area (Å²) in [5.74, 6) is 0.513. The Morgan fingerprint density at radius 1 is 1.38 bits per heavy atom. The normalized spacial score (nSPS) is 18.2. The zero-order chi connectivity index (χ0) is 16.7. The van der Waals surface area contributed by atoms with E-state index in [4.69, 9.17) is 0 Å². The zero-order valence-electron chi connectivity index (χ0n) is 14.0. The summed E-state index contributed by atoms with van der Waals surface area (Å²) in [5, 5.41) is 4.31. The van der Waals surface area contributed by atoms with Crippen LogP contribution in [0.3, 0.4) is 0 Å². The van der Waals surface area contributed by atoms with E-state index in [-0.39, 0.29) is 5.91 Å². The van der Waals surface area contributed by atoms with Crippen LogP contribution in [0, 0.1) is 13.8 Å². The number of aromatic amines is 1. The number of carbonyl (C=O) groups excluding carboxylic acids is 1. The molecule has 124 valence electrons. The van der Waals surface area contributed by atoms with Crippen molar-refractivity contribution in [3.8, 4) is 0 Å². The van der Waals surface area contributed by atoms with Crippen molar-refractivity contribution in [2.24, 2.45) is 0 Å². The van der Waals surface area contributed by atoms with E-state index in [0.717, 1.165) is 53.1 Å². The summed E-state index contributed by atoms with van der Waals surface area (Å²) in [5.41, 5.74) is 4.26. The summed E-state index contributed by atoms with van der Waals surface area (Å²) in [6.45, 7) is 5.78. The number of thiazole rings is 1. The maximum atomic E-state index is 13.0. The number of likely N-dealkylation sites (tertiary alicyclic amines) is 1. The first-order valence-electron chi connectivity index (χ1n) is 8.41. The maximum Gasteiger partial charge on any atom is 0.253 e. The van der Waals surface area contributed by atoms with Gasteiger partial charge in [-0.1, -0.05) is 0 Å². The van der Waals surface area contributed by atoms with E-state index >= 15 is 0 Å². The monoisotopic (exact) mass is 339 g/mol. The van der Waals surface area contributed by atoms with Gasteiger partial charge in [0.05, 0.1) is 5.01 Å². The van der Waals surface area contributed by atoms with Crippen LogP contribution >= 0.6 is 11.3 Å². The molecule has 4 rings (SSSR count). The average Bonchev–Trinajstić information content (AvgIpc) is 3.24. The molecule has 1 aliphatic heterocycles. The molecule has 1 saturated heterocycles. The molecule has 0 aliphatic carbocycles. The Morgan fingerprint density at radius 3 is 3.04 bits per heavy atom. The second kappa shape index (κ2) is 6.06. The summed E-state index contributed by atoms with van der Waals surface area (Å²) < 4.78 is 0. The lowest BCUT2D eigenvalue weighted by atomic mass is 9.97. The van der Waals surface area contributed by atoms with Crippen LogP contribution in [-0.2, 0) is 0 Å². The van der Waals surface area contributed by atoms with Gasteiger partial charge in [-0.3, -0.25) is 4.79 Å². The lowest BCUT2D eigenvalue weighted by Gasteiger charge is -2.32. The Balaban J connectivity index is 1.59. The van der Waals surface area contributed by atoms with Crippen LogP contribution in [0.2, 0.25) is 0 Å². The Labute approximate surface area is 145 Å². The van der Waals surface area contributed by atoms with E-state index in [1.54, 1.807) is 11.3 Å². The fourth-order valence-electron chi connectivity index (χ4n) is 3.58. The molecule has 1 aliphatic rings. The van der Waals surface area contributed by atoms with Crippen molar-refractivity contribution >= 4 is 28.1 Å². The van der Waals surface area contributed by atoms with Gasteiger partial charge in [0.1, 0.15) is 0 Å². The topological polar surface area (TPSA) is 49.0 Å². The van der Waals surface area contributed by atoms with Gasteiger partial charge in [0.2, 0.25) is 0 Å². The molecule has 1 amide bonds. The molecule has 3 aromatic rings. The molecule has 0 saturated carbocycles. The maximum absolute atomic E-state index is 13.0. The molecule has 1 atom stereocenters. The number of benzene rings is 1. The first-order chi connectivity index (χ1) is 11.6. The number of rotatable bonds is 2. The largest absolute Gasteiger partial charge is 0.358 e. The highest BCUT2D eigenvalue weighted by molar-refractivity contribution is 7.09. The van der Waals surface area contributed by atoms with Crippen LogP contribution in [-0.4, -0.2) is 33.9 Å². The average molecular weight is 339 g/mol. The highest BCUT2D eigenvalue weighted by Gasteiger charge is 2.27. The van der Waals surface area contributed by atoms with Crippen LogP contribution in [0.4, 0.5) is 0 Å². The van der Waals surface area contributed by atoms with E-state index < -0.39 is 0 Å².